The molecule has 2 atom stereocenters. The molecule has 1 unspecified atom stereocenters. The van der Waals surface area contributed by atoms with Crippen LogP contribution >= 0.6 is 22.6 Å². The van der Waals surface area contributed by atoms with Gasteiger partial charge in [-0.2, -0.15) is 13.2 Å². The summed E-state index contributed by atoms with van der Waals surface area (Å²) < 4.78 is 47.4. The molecule has 0 aromatic heterocycles. The first-order chi connectivity index (χ1) is 7.04. The van der Waals surface area contributed by atoms with Crippen molar-refractivity contribution in [1.29, 1.82) is 0 Å². The van der Waals surface area contributed by atoms with Gasteiger partial charge in [-0.25, -0.2) is 0 Å². The van der Waals surface area contributed by atoms with Crippen LogP contribution in [0.25, 0.3) is 0 Å². The quantitative estimate of drug-likeness (QED) is 0.579. The van der Waals surface area contributed by atoms with Gasteiger partial charge in [0.15, 0.2) is 6.29 Å². The van der Waals surface area contributed by atoms with E-state index in [4.69, 9.17) is 9.47 Å². The lowest BCUT2D eigenvalue weighted by Gasteiger charge is -2.25. The van der Waals surface area contributed by atoms with Crippen molar-refractivity contribution >= 4 is 22.6 Å². The smallest absolute Gasteiger partial charge is 0.353 e. The van der Waals surface area contributed by atoms with Crippen molar-refractivity contribution in [3.8, 4) is 0 Å². The Balaban J connectivity index is 2.27. The molecular formula is C9H14F3IO2. The van der Waals surface area contributed by atoms with E-state index in [-0.39, 0.29) is 11.0 Å². The third kappa shape index (κ3) is 4.86. The largest absolute Gasteiger partial charge is 0.394 e. The number of alkyl halides is 4. The van der Waals surface area contributed by atoms with Crippen molar-refractivity contribution in [2.24, 2.45) is 5.92 Å². The molecule has 0 aliphatic carbocycles. The summed E-state index contributed by atoms with van der Waals surface area (Å²) in [6.45, 7) is 0.294. The third-order valence-electron chi connectivity index (χ3n) is 2.27. The van der Waals surface area contributed by atoms with Gasteiger partial charge in [-0.05, 0) is 19.3 Å². The molecule has 1 fully saturated rings. The summed E-state index contributed by atoms with van der Waals surface area (Å²) in [5.41, 5.74) is 0. The van der Waals surface area contributed by atoms with Crippen LogP contribution in [0, 0.1) is 5.92 Å². The van der Waals surface area contributed by atoms with Crippen LogP contribution in [0.15, 0.2) is 0 Å². The molecule has 1 rings (SSSR count). The molecule has 0 aromatic rings. The maximum Gasteiger partial charge on any atom is 0.394 e. The highest BCUT2D eigenvalue weighted by atomic mass is 127. The SMILES string of the molecule is FC(F)(F)[C@H](CI)COC1CCCCO1. The Hall–Kier alpha value is 0.440. The molecule has 1 saturated heterocycles. The summed E-state index contributed by atoms with van der Waals surface area (Å²) in [4.78, 5) is 0. The molecule has 15 heavy (non-hydrogen) atoms. The average molecular weight is 338 g/mol. The molecule has 0 spiro atoms. The number of halogens is 4. The van der Waals surface area contributed by atoms with Gasteiger partial charge in [-0.15, -0.1) is 0 Å². The van der Waals surface area contributed by atoms with E-state index in [2.05, 4.69) is 0 Å². The van der Waals surface area contributed by atoms with Crippen molar-refractivity contribution in [3.63, 3.8) is 0 Å². The molecule has 0 saturated carbocycles. The lowest BCUT2D eigenvalue weighted by atomic mass is 10.2. The van der Waals surface area contributed by atoms with Crippen molar-refractivity contribution < 1.29 is 22.6 Å². The molecule has 2 nitrogen and oxygen atoms in total. The average Bonchev–Trinajstić information content (AvgIpc) is 2.18. The zero-order chi connectivity index (χ0) is 11.3. The predicted molar refractivity (Wildman–Crippen MR) is 58.0 cm³/mol. The first-order valence-corrected chi connectivity index (χ1v) is 6.42. The molecule has 1 aliphatic rings. The topological polar surface area (TPSA) is 18.5 Å². The van der Waals surface area contributed by atoms with Gasteiger partial charge in [0.25, 0.3) is 0 Å². The summed E-state index contributed by atoms with van der Waals surface area (Å²) in [7, 11) is 0. The van der Waals surface area contributed by atoms with Gasteiger partial charge in [-0.1, -0.05) is 22.6 Å². The lowest BCUT2D eigenvalue weighted by Crippen LogP contribution is -2.32. The number of hydrogen-bond acceptors (Lipinski definition) is 2. The first kappa shape index (κ1) is 13.5. The summed E-state index contributed by atoms with van der Waals surface area (Å²) in [5, 5.41) is 0. The van der Waals surface area contributed by atoms with Crippen LogP contribution in [0.3, 0.4) is 0 Å². The summed E-state index contributed by atoms with van der Waals surface area (Å²) in [6, 6.07) is 0. The van der Waals surface area contributed by atoms with E-state index in [1.54, 1.807) is 22.6 Å². The molecule has 0 bridgehead atoms. The second kappa shape index (κ2) is 6.24. The van der Waals surface area contributed by atoms with Crippen LogP contribution in [0.5, 0.6) is 0 Å². The van der Waals surface area contributed by atoms with E-state index < -0.39 is 18.4 Å². The van der Waals surface area contributed by atoms with E-state index in [0.717, 1.165) is 12.8 Å². The first-order valence-electron chi connectivity index (χ1n) is 4.90. The van der Waals surface area contributed by atoms with Crippen molar-refractivity contribution in [2.45, 2.75) is 31.7 Å². The van der Waals surface area contributed by atoms with Gasteiger partial charge >= 0.3 is 6.18 Å². The second-order valence-electron chi connectivity index (χ2n) is 3.52. The highest BCUT2D eigenvalue weighted by Crippen LogP contribution is 2.29. The van der Waals surface area contributed by atoms with Crippen LogP contribution in [-0.4, -0.2) is 30.1 Å². The van der Waals surface area contributed by atoms with Crippen LogP contribution in [0.4, 0.5) is 13.2 Å². The minimum atomic E-state index is -4.17. The minimum absolute atomic E-state index is 0.0218. The monoisotopic (exact) mass is 338 g/mol. The predicted octanol–water partition coefficient (Wildman–Crippen LogP) is 3.14. The molecule has 90 valence electrons. The van der Waals surface area contributed by atoms with Gasteiger partial charge in [0.2, 0.25) is 0 Å². The van der Waals surface area contributed by atoms with Crippen molar-refractivity contribution in [3.05, 3.63) is 0 Å². The fraction of sp³-hybridized carbons (Fsp3) is 1.00. The molecule has 0 amide bonds. The van der Waals surface area contributed by atoms with Crippen LogP contribution in [0.1, 0.15) is 19.3 Å². The lowest BCUT2D eigenvalue weighted by molar-refractivity contribution is -0.215. The summed E-state index contributed by atoms with van der Waals surface area (Å²) in [6.07, 6.45) is -1.98. The Morgan fingerprint density at radius 1 is 1.40 bits per heavy atom. The van der Waals surface area contributed by atoms with Gasteiger partial charge in [-0.3, -0.25) is 0 Å². The Kier molecular flexibility index (Phi) is 5.62. The Morgan fingerprint density at radius 3 is 2.60 bits per heavy atom. The van der Waals surface area contributed by atoms with Crippen LogP contribution < -0.4 is 0 Å². The van der Waals surface area contributed by atoms with E-state index in [9.17, 15) is 13.2 Å². The van der Waals surface area contributed by atoms with E-state index >= 15 is 0 Å². The standard InChI is InChI=1S/C9H14F3IO2/c10-9(11,12)7(5-13)6-15-8-3-1-2-4-14-8/h7-8H,1-6H2/t7-,8?/m1/s1. The molecule has 1 heterocycles. The molecule has 0 radical (unpaired) electrons. The van der Waals surface area contributed by atoms with Crippen LogP contribution in [-0.2, 0) is 9.47 Å². The van der Waals surface area contributed by atoms with Crippen molar-refractivity contribution in [2.75, 3.05) is 17.6 Å². The Bertz CT molecular complexity index is 181. The number of hydrogen-bond donors (Lipinski definition) is 0. The van der Waals surface area contributed by atoms with Crippen LogP contribution in [0.2, 0.25) is 0 Å². The Labute approximate surface area is 101 Å². The van der Waals surface area contributed by atoms with Gasteiger partial charge < -0.3 is 9.47 Å². The molecule has 1 aliphatic heterocycles. The van der Waals surface area contributed by atoms with Gasteiger partial charge in [0, 0.05) is 11.0 Å². The number of rotatable bonds is 4. The summed E-state index contributed by atoms with van der Waals surface area (Å²) >= 11 is 1.73. The highest BCUT2D eigenvalue weighted by molar-refractivity contribution is 14.1. The molecular weight excluding hydrogens is 324 g/mol. The molecule has 0 N–H and O–H groups in total. The highest BCUT2D eigenvalue weighted by Gasteiger charge is 2.39. The fourth-order valence-electron chi connectivity index (χ4n) is 1.29. The maximum atomic E-state index is 12.3. The van der Waals surface area contributed by atoms with Gasteiger partial charge in [0.05, 0.1) is 12.5 Å². The van der Waals surface area contributed by atoms with Crippen molar-refractivity contribution in [1.82, 2.24) is 0 Å². The zero-order valence-corrected chi connectivity index (χ0v) is 10.4. The maximum absolute atomic E-state index is 12.3. The third-order valence-corrected chi connectivity index (χ3v) is 3.33. The molecule has 0 aromatic carbocycles. The zero-order valence-electron chi connectivity index (χ0n) is 8.23. The van der Waals surface area contributed by atoms with Gasteiger partial charge in [0.1, 0.15) is 0 Å². The number of ether oxygens (including phenoxy) is 2. The van der Waals surface area contributed by atoms with E-state index in [0.29, 0.717) is 13.0 Å². The Morgan fingerprint density at radius 2 is 2.13 bits per heavy atom. The fourth-order valence-corrected chi connectivity index (χ4v) is 2.05. The molecule has 6 heteroatoms. The second-order valence-corrected chi connectivity index (χ2v) is 4.40. The normalized spacial score (nSPS) is 25.2. The van der Waals surface area contributed by atoms with E-state index in [1.807, 2.05) is 0 Å². The summed E-state index contributed by atoms with van der Waals surface area (Å²) in [5.74, 6) is -1.39. The van der Waals surface area contributed by atoms with E-state index in [1.165, 1.54) is 0 Å². The minimum Gasteiger partial charge on any atom is -0.353 e.